The number of fused-ring (bicyclic) bond motifs is 1. The summed E-state index contributed by atoms with van der Waals surface area (Å²) >= 11 is 0. The van der Waals surface area contributed by atoms with Gasteiger partial charge in [0.1, 0.15) is 5.76 Å². The predicted molar refractivity (Wildman–Crippen MR) is 76.4 cm³/mol. The Morgan fingerprint density at radius 3 is 2.95 bits per heavy atom. The second kappa shape index (κ2) is 5.25. The molecule has 0 amide bonds. The molecule has 1 fully saturated rings. The molecule has 1 aliphatic rings. The highest BCUT2D eigenvalue weighted by molar-refractivity contribution is 5.83. The third-order valence-corrected chi connectivity index (χ3v) is 4.23. The van der Waals surface area contributed by atoms with Crippen LogP contribution in [0.3, 0.4) is 0 Å². The molecule has 3 nitrogen and oxygen atoms in total. The minimum atomic E-state index is 0.573. The van der Waals surface area contributed by atoms with Gasteiger partial charge in [-0.05, 0) is 37.8 Å². The molecule has 19 heavy (non-hydrogen) atoms. The second-order valence-electron chi connectivity index (χ2n) is 5.45. The lowest BCUT2D eigenvalue weighted by Gasteiger charge is -2.31. The van der Waals surface area contributed by atoms with Gasteiger partial charge in [-0.3, -0.25) is 0 Å². The number of nitrogens with one attached hydrogen (secondary N) is 1. The SMILES string of the molecule is COc1cccc2cc(CNC(C)C3CCC3)oc12. The number of para-hydroxylation sites is 1. The van der Waals surface area contributed by atoms with Gasteiger partial charge in [-0.15, -0.1) is 0 Å². The van der Waals surface area contributed by atoms with Crippen LogP contribution in [0.5, 0.6) is 5.75 Å². The maximum atomic E-state index is 5.88. The Bertz CT molecular complexity index is 557. The van der Waals surface area contributed by atoms with Crippen LogP contribution in [0.4, 0.5) is 0 Å². The maximum absolute atomic E-state index is 5.88. The summed E-state index contributed by atoms with van der Waals surface area (Å²) in [6.07, 6.45) is 4.11. The van der Waals surface area contributed by atoms with Crippen molar-refractivity contribution in [3.8, 4) is 5.75 Å². The zero-order chi connectivity index (χ0) is 13.2. The van der Waals surface area contributed by atoms with Crippen LogP contribution >= 0.6 is 0 Å². The highest BCUT2D eigenvalue weighted by Crippen LogP contribution is 2.30. The molecule has 0 bridgehead atoms. The first kappa shape index (κ1) is 12.5. The van der Waals surface area contributed by atoms with Crippen molar-refractivity contribution in [1.82, 2.24) is 5.32 Å². The maximum Gasteiger partial charge on any atom is 0.176 e. The van der Waals surface area contributed by atoms with Gasteiger partial charge in [0.2, 0.25) is 0 Å². The van der Waals surface area contributed by atoms with Gasteiger partial charge in [0, 0.05) is 11.4 Å². The lowest BCUT2D eigenvalue weighted by atomic mass is 9.80. The number of ether oxygens (including phenoxy) is 1. The lowest BCUT2D eigenvalue weighted by molar-refractivity contribution is 0.237. The molecule has 1 aromatic carbocycles. The van der Waals surface area contributed by atoms with Gasteiger partial charge in [-0.1, -0.05) is 18.6 Å². The summed E-state index contributed by atoms with van der Waals surface area (Å²) in [5.41, 5.74) is 0.845. The summed E-state index contributed by atoms with van der Waals surface area (Å²) in [4.78, 5) is 0. The topological polar surface area (TPSA) is 34.4 Å². The normalized spacial score (nSPS) is 17.4. The van der Waals surface area contributed by atoms with E-state index >= 15 is 0 Å². The fourth-order valence-corrected chi connectivity index (χ4v) is 2.71. The van der Waals surface area contributed by atoms with E-state index in [0.717, 1.165) is 34.9 Å². The van der Waals surface area contributed by atoms with Crippen LogP contribution in [0.2, 0.25) is 0 Å². The predicted octanol–water partition coefficient (Wildman–Crippen LogP) is 3.72. The quantitative estimate of drug-likeness (QED) is 0.888. The minimum absolute atomic E-state index is 0.573. The lowest BCUT2D eigenvalue weighted by Crippen LogP contribution is -2.36. The monoisotopic (exact) mass is 259 g/mol. The second-order valence-corrected chi connectivity index (χ2v) is 5.45. The molecule has 1 heterocycles. The Kier molecular flexibility index (Phi) is 3.47. The molecule has 1 aliphatic carbocycles. The van der Waals surface area contributed by atoms with Crippen molar-refractivity contribution in [2.24, 2.45) is 5.92 Å². The van der Waals surface area contributed by atoms with E-state index in [2.05, 4.69) is 24.4 Å². The van der Waals surface area contributed by atoms with Crippen molar-refractivity contribution in [3.05, 3.63) is 30.0 Å². The zero-order valence-corrected chi connectivity index (χ0v) is 11.6. The zero-order valence-electron chi connectivity index (χ0n) is 11.6. The van der Waals surface area contributed by atoms with Crippen molar-refractivity contribution in [1.29, 1.82) is 0 Å². The first-order valence-electron chi connectivity index (χ1n) is 7.06. The number of benzene rings is 1. The molecule has 102 valence electrons. The van der Waals surface area contributed by atoms with Gasteiger partial charge in [0.15, 0.2) is 11.3 Å². The van der Waals surface area contributed by atoms with Crippen molar-refractivity contribution in [2.45, 2.75) is 38.8 Å². The van der Waals surface area contributed by atoms with Crippen LogP contribution in [0.15, 0.2) is 28.7 Å². The highest BCUT2D eigenvalue weighted by atomic mass is 16.5. The van der Waals surface area contributed by atoms with Gasteiger partial charge in [-0.2, -0.15) is 0 Å². The van der Waals surface area contributed by atoms with Gasteiger partial charge < -0.3 is 14.5 Å². The van der Waals surface area contributed by atoms with Crippen molar-refractivity contribution >= 4 is 11.0 Å². The number of rotatable bonds is 5. The fraction of sp³-hybridized carbons (Fsp3) is 0.500. The van der Waals surface area contributed by atoms with E-state index in [4.69, 9.17) is 9.15 Å². The van der Waals surface area contributed by atoms with Gasteiger partial charge in [0.05, 0.1) is 13.7 Å². The number of methoxy groups -OCH3 is 1. The fourth-order valence-electron chi connectivity index (χ4n) is 2.71. The van der Waals surface area contributed by atoms with E-state index in [-0.39, 0.29) is 0 Å². The Morgan fingerprint density at radius 2 is 2.26 bits per heavy atom. The molecule has 3 rings (SSSR count). The average molecular weight is 259 g/mol. The Balaban J connectivity index is 1.70. The Labute approximate surface area is 113 Å². The molecule has 1 atom stereocenters. The smallest absolute Gasteiger partial charge is 0.176 e. The summed E-state index contributed by atoms with van der Waals surface area (Å²) in [7, 11) is 1.67. The average Bonchev–Trinajstić information content (AvgIpc) is 2.76. The van der Waals surface area contributed by atoms with Gasteiger partial charge in [0.25, 0.3) is 0 Å². The van der Waals surface area contributed by atoms with Crippen molar-refractivity contribution < 1.29 is 9.15 Å². The van der Waals surface area contributed by atoms with Crippen molar-refractivity contribution in [2.75, 3.05) is 7.11 Å². The molecule has 0 spiro atoms. The number of hydrogen-bond acceptors (Lipinski definition) is 3. The largest absolute Gasteiger partial charge is 0.493 e. The molecule has 0 aliphatic heterocycles. The first-order chi connectivity index (χ1) is 9.28. The molecule has 0 radical (unpaired) electrons. The van der Waals surface area contributed by atoms with E-state index in [9.17, 15) is 0 Å². The van der Waals surface area contributed by atoms with E-state index in [1.807, 2.05) is 12.1 Å². The van der Waals surface area contributed by atoms with E-state index in [0.29, 0.717) is 6.04 Å². The molecule has 1 unspecified atom stereocenters. The van der Waals surface area contributed by atoms with Crippen LogP contribution in [0, 0.1) is 5.92 Å². The Hall–Kier alpha value is -1.48. The molecular formula is C16H21NO2. The van der Waals surface area contributed by atoms with Crippen LogP contribution in [-0.2, 0) is 6.54 Å². The highest BCUT2D eigenvalue weighted by Gasteiger charge is 2.23. The number of furan rings is 1. The van der Waals surface area contributed by atoms with Crippen LogP contribution in [-0.4, -0.2) is 13.2 Å². The van der Waals surface area contributed by atoms with Crippen molar-refractivity contribution in [3.63, 3.8) is 0 Å². The van der Waals surface area contributed by atoms with Crippen LogP contribution < -0.4 is 10.1 Å². The standard InChI is InChI=1S/C16H21NO2/c1-11(12-5-3-6-12)17-10-14-9-13-7-4-8-15(18-2)16(13)19-14/h4,7-9,11-12,17H,3,5-6,10H2,1-2H3. The number of hydrogen-bond donors (Lipinski definition) is 1. The van der Waals surface area contributed by atoms with Crippen LogP contribution in [0.25, 0.3) is 11.0 Å². The molecule has 1 saturated carbocycles. The summed E-state index contributed by atoms with van der Waals surface area (Å²) in [6, 6.07) is 8.65. The van der Waals surface area contributed by atoms with E-state index in [1.54, 1.807) is 7.11 Å². The molecule has 1 aromatic heterocycles. The van der Waals surface area contributed by atoms with Gasteiger partial charge >= 0.3 is 0 Å². The van der Waals surface area contributed by atoms with Gasteiger partial charge in [-0.25, -0.2) is 0 Å². The summed E-state index contributed by atoms with van der Waals surface area (Å²) in [5, 5.41) is 4.67. The minimum Gasteiger partial charge on any atom is -0.493 e. The van der Waals surface area contributed by atoms with E-state index < -0.39 is 0 Å². The third-order valence-electron chi connectivity index (χ3n) is 4.23. The summed E-state index contributed by atoms with van der Waals surface area (Å²) in [6.45, 7) is 3.06. The van der Waals surface area contributed by atoms with E-state index in [1.165, 1.54) is 19.3 Å². The Morgan fingerprint density at radius 1 is 1.42 bits per heavy atom. The molecule has 2 aromatic rings. The molecule has 3 heteroatoms. The third kappa shape index (κ3) is 2.47. The first-order valence-corrected chi connectivity index (χ1v) is 7.06. The summed E-state index contributed by atoms with van der Waals surface area (Å²) in [5.74, 6) is 2.63. The molecule has 0 saturated heterocycles. The summed E-state index contributed by atoms with van der Waals surface area (Å²) < 4.78 is 11.2. The molecule has 1 N–H and O–H groups in total. The van der Waals surface area contributed by atoms with Crippen LogP contribution in [0.1, 0.15) is 31.9 Å². The molecular weight excluding hydrogens is 238 g/mol.